The predicted molar refractivity (Wildman–Crippen MR) is 68.4 cm³/mol. The highest BCUT2D eigenvalue weighted by Crippen LogP contribution is 2.30. The van der Waals surface area contributed by atoms with Crippen molar-refractivity contribution in [3.05, 3.63) is 42.0 Å². The van der Waals surface area contributed by atoms with Gasteiger partial charge in [0.25, 0.3) is 0 Å². The van der Waals surface area contributed by atoms with Crippen LogP contribution >= 0.6 is 0 Å². The van der Waals surface area contributed by atoms with Gasteiger partial charge in [-0.05, 0) is 16.8 Å². The summed E-state index contributed by atoms with van der Waals surface area (Å²) in [5.41, 5.74) is 1.26. The van der Waals surface area contributed by atoms with Crippen molar-refractivity contribution in [1.82, 2.24) is 0 Å². The first-order chi connectivity index (χ1) is 8.95. The zero-order valence-electron chi connectivity index (χ0n) is 9.81. The summed E-state index contributed by atoms with van der Waals surface area (Å²) in [7, 11) is -4.67. The number of benzene rings is 2. The minimum atomic E-state index is -4.67. The monoisotopic (exact) mass is 284 g/mol. The van der Waals surface area contributed by atoms with Crippen LogP contribution < -0.4 is 4.89 Å². The van der Waals surface area contributed by atoms with Gasteiger partial charge in [-0.1, -0.05) is 30.3 Å². The maximum absolute atomic E-state index is 8.74. The molecule has 0 radical (unpaired) electrons. The lowest BCUT2D eigenvalue weighted by atomic mass is 10.0. The number of fused-ring (bicyclic) bond motifs is 3. The van der Waals surface area contributed by atoms with Crippen molar-refractivity contribution in [2.24, 2.45) is 0 Å². The Kier molecular flexibility index (Phi) is 4.01. The second kappa shape index (κ2) is 5.54. The van der Waals surface area contributed by atoms with E-state index in [2.05, 4.69) is 30.3 Å². The van der Waals surface area contributed by atoms with Crippen LogP contribution in [0, 0.1) is 0 Å². The Hall–Kier alpha value is -1.67. The van der Waals surface area contributed by atoms with E-state index in [9.17, 15) is 0 Å². The molecule has 0 saturated heterocycles. The lowest BCUT2D eigenvalue weighted by Crippen LogP contribution is -2.10. The van der Waals surface area contributed by atoms with E-state index >= 15 is 0 Å². The van der Waals surface area contributed by atoms with Crippen molar-refractivity contribution in [3.8, 4) is 5.75 Å². The normalized spacial score (nSPS) is 14.0. The maximum atomic E-state index is 8.74. The highest BCUT2D eigenvalue weighted by Gasteiger charge is 2.13. The molecule has 0 spiro atoms. The van der Waals surface area contributed by atoms with E-state index in [-0.39, 0.29) is 0 Å². The van der Waals surface area contributed by atoms with Crippen molar-refractivity contribution >= 4 is 21.2 Å². The molecular formula is C12H12O6S. The molecule has 2 aromatic carbocycles. The molecule has 0 unspecified atom stereocenters. The van der Waals surface area contributed by atoms with Gasteiger partial charge in [-0.2, -0.15) is 13.3 Å². The Morgan fingerprint density at radius 2 is 1.74 bits per heavy atom. The minimum absolute atomic E-state index is 0.640. The molecule has 102 valence electrons. The first kappa shape index (κ1) is 13.8. The lowest BCUT2D eigenvalue weighted by Gasteiger charge is -2.17. The Balaban J connectivity index is 0.000000232. The first-order valence-electron chi connectivity index (χ1n) is 5.45. The molecule has 0 saturated carbocycles. The van der Waals surface area contributed by atoms with Gasteiger partial charge in [-0.3, -0.25) is 9.11 Å². The van der Waals surface area contributed by atoms with E-state index in [0.29, 0.717) is 6.61 Å². The summed E-state index contributed by atoms with van der Waals surface area (Å²) in [6.45, 7) is 0.640. The quantitative estimate of drug-likeness (QED) is 0.568. The molecule has 1 aliphatic heterocycles. The molecule has 1 heterocycles. The molecular weight excluding hydrogens is 272 g/mol. The summed E-state index contributed by atoms with van der Waals surface area (Å²) in [5, 5.41) is 2.53. The third-order valence-corrected chi connectivity index (χ3v) is 2.58. The zero-order valence-corrected chi connectivity index (χ0v) is 10.6. The molecule has 0 fully saturated rings. The molecule has 2 aromatic rings. The fourth-order valence-corrected chi connectivity index (χ4v) is 1.90. The van der Waals surface area contributed by atoms with Gasteiger partial charge in [-0.25, -0.2) is 0 Å². The minimum Gasteiger partial charge on any atom is -0.337 e. The van der Waals surface area contributed by atoms with Crippen LogP contribution in [0.25, 0.3) is 10.8 Å². The third kappa shape index (κ3) is 3.90. The molecule has 7 heteroatoms. The average molecular weight is 284 g/mol. The van der Waals surface area contributed by atoms with Crippen LogP contribution in [0.2, 0.25) is 0 Å². The van der Waals surface area contributed by atoms with Crippen LogP contribution in [-0.4, -0.2) is 24.1 Å². The largest absolute Gasteiger partial charge is 0.394 e. The van der Waals surface area contributed by atoms with Crippen LogP contribution in [0.5, 0.6) is 5.75 Å². The molecule has 0 atom stereocenters. The number of hydrogen-bond donors (Lipinski definition) is 2. The zero-order chi connectivity index (χ0) is 13.9. The van der Waals surface area contributed by atoms with Gasteiger partial charge >= 0.3 is 10.4 Å². The molecule has 0 aliphatic carbocycles. The second-order valence-electron chi connectivity index (χ2n) is 3.87. The summed E-state index contributed by atoms with van der Waals surface area (Å²) in [6.07, 6.45) is 0.927. The summed E-state index contributed by atoms with van der Waals surface area (Å²) in [6, 6.07) is 12.4. The van der Waals surface area contributed by atoms with Gasteiger partial charge in [0.15, 0.2) is 5.75 Å². The average Bonchev–Trinajstić information content (AvgIpc) is 2.37. The van der Waals surface area contributed by atoms with Gasteiger partial charge in [0.2, 0.25) is 0 Å². The van der Waals surface area contributed by atoms with Gasteiger partial charge in [-0.15, -0.1) is 0 Å². The van der Waals surface area contributed by atoms with Gasteiger partial charge in [0.1, 0.15) is 0 Å². The van der Waals surface area contributed by atoms with Crippen LogP contribution in [0.1, 0.15) is 5.56 Å². The SMILES string of the molecule is O=S(=O)(O)O.c1ccc2c3c(ccc2c1)OOCC3. The van der Waals surface area contributed by atoms with E-state index in [4.69, 9.17) is 27.3 Å². The molecule has 3 rings (SSSR count). The van der Waals surface area contributed by atoms with Crippen LogP contribution in [0.4, 0.5) is 0 Å². The van der Waals surface area contributed by atoms with Gasteiger partial charge < -0.3 is 4.89 Å². The Morgan fingerprint density at radius 3 is 2.47 bits per heavy atom. The van der Waals surface area contributed by atoms with Crippen LogP contribution in [0.15, 0.2) is 36.4 Å². The Morgan fingerprint density at radius 1 is 1.05 bits per heavy atom. The standard InChI is InChI=1S/C12H10O2.H2O4S/c1-2-4-10-9(3-1)5-6-12-11(10)7-8-13-14-12;1-5(2,3)4/h1-6H,7-8H2;(H2,1,2,3,4). The highest BCUT2D eigenvalue weighted by molar-refractivity contribution is 7.79. The molecule has 19 heavy (non-hydrogen) atoms. The number of hydrogen-bond acceptors (Lipinski definition) is 4. The number of rotatable bonds is 0. The first-order valence-corrected chi connectivity index (χ1v) is 6.85. The van der Waals surface area contributed by atoms with E-state index in [1.807, 2.05) is 6.07 Å². The van der Waals surface area contributed by atoms with Crippen molar-refractivity contribution in [2.75, 3.05) is 6.61 Å². The van der Waals surface area contributed by atoms with E-state index < -0.39 is 10.4 Å². The van der Waals surface area contributed by atoms with Crippen molar-refractivity contribution < 1.29 is 27.3 Å². The van der Waals surface area contributed by atoms with Gasteiger partial charge in [0.05, 0.1) is 6.61 Å². The van der Waals surface area contributed by atoms with Crippen molar-refractivity contribution in [1.29, 1.82) is 0 Å². The fraction of sp³-hybridized carbons (Fsp3) is 0.167. The Labute approximate surface area is 110 Å². The molecule has 0 aromatic heterocycles. The van der Waals surface area contributed by atoms with Crippen LogP contribution in [0.3, 0.4) is 0 Å². The summed E-state index contributed by atoms with van der Waals surface area (Å²) in [5.74, 6) is 0.856. The smallest absolute Gasteiger partial charge is 0.337 e. The highest BCUT2D eigenvalue weighted by atomic mass is 32.3. The van der Waals surface area contributed by atoms with Gasteiger partial charge in [0, 0.05) is 12.0 Å². The summed E-state index contributed by atoms with van der Waals surface area (Å²) >= 11 is 0. The molecule has 2 N–H and O–H groups in total. The third-order valence-electron chi connectivity index (χ3n) is 2.58. The summed E-state index contributed by atoms with van der Waals surface area (Å²) < 4.78 is 31.6. The Bertz CT molecular complexity index is 672. The molecule has 1 aliphatic rings. The van der Waals surface area contributed by atoms with Crippen LogP contribution in [-0.2, 0) is 21.7 Å². The molecule has 6 nitrogen and oxygen atoms in total. The fourth-order valence-electron chi connectivity index (χ4n) is 1.90. The van der Waals surface area contributed by atoms with Crippen molar-refractivity contribution in [2.45, 2.75) is 6.42 Å². The maximum Gasteiger partial charge on any atom is 0.394 e. The lowest BCUT2D eigenvalue weighted by molar-refractivity contribution is -0.214. The predicted octanol–water partition coefficient (Wildman–Crippen LogP) is 2.05. The van der Waals surface area contributed by atoms with E-state index in [0.717, 1.165) is 12.2 Å². The molecule has 0 bridgehead atoms. The topological polar surface area (TPSA) is 93.1 Å². The van der Waals surface area contributed by atoms with Crippen molar-refractivity contribution in [3.63, 3.8) is 0 Å². The molecule has 0 amide bonds. The van der Waals surface area contributed by atoms with E-state index in [1.165, 1.54) is 16.3 Å². The van der Waals surface area contributed by atoms with E-state index in [1.54, 1.807) is 0 Å². The second-order valence-corrected chi connectivity index (χ2v) is 4.76. The summed E-state index contributed by atoms with van der Waals surface area (Å²) in [4.78, 5) is 10.1.